The van der Waals surface area contributed by atoms with Gasteiger partial charge in [-0.05, 0) is 36.4 Å². The van der Waals surface area contributed by atoms with Gasteiger partial charge < -0.3 is 10.1 Å². The van der Waals surface area contributed by atoms with E-state index in [1.54, 1.807) is 24.3 Å². The fraction of sp³-hybridized carbons (Fsp3) is 0.200. The molecule has 0 atom stereocenters. The lowest BCUT2D eigenvalue weighted by Gasteiger charge is -2.10. The first-order valence-corrected chi connectivity index (χ1v) is 9.15. The van der Waals surface area contributed by atoms with Gasteiger partial charge in [0.15, 0.2) is 9.84 Å². The number of ether oxygens (including phenoxy) is 1. The highest BCUT2D eigenvalue weighted by Crippen LogP contribution is 2.31. The van der Waals surface area contributed by atoms with Gasteiger partial charge in [0.25, 0.3) is 0 Å². The molecule has 0 unspecified atom stereocenters. The minimum atomic E-state index is -3.70. The van der Waals surface area contributed by atoms with Gasteiger partial charge in [-0.3, -0.25) is 10.1 Å². The molecule has 0 amide bonds. The summed E-state index contributed by atoms with van der Waals surface area (Å²) in [6.07, 6.45) is 0.933. The molecule has 0 bridgehead atoms. The first-order valence-electron chi connectivity index (χ1n) is 6.89. The number of benzene rings is 2. The van der Waals surface area contributed by atoms with Crippen LogP contribution >= 0.6 is 11.6 Å². The molecule has 0 aromatic heterocycles. The van der Waals surface area contributed by atoms with Crippen LogP contribution in [0, 0.1) is 10.1 Å². The Morgan fingerprint density at radius 2 is 1.88 bits per heavy atom. The molecule has 0 fully saturated rings. The highest BCUT2D eigenvalue weighted by molar-refractivity contribution is 7.90. The van der Waals surface area contributed by atoms with Gasteiger partial charge in [0.1, 0.15) is 22.9 Å². The van der Waals surface area contributed by atoms with E-state index in [-0.39, 0.29) is 23.7 Å². The molecule has 0 aliphatic rings. The molecule has 2 rings (SSSR count). The number of sulfone groups is 1. The standard InChI is InChI=1S/C15H15ClN2O5S/c1-24(21,22)14-4-2-3-13(15(14)18(19)20)17-9-10-23-12-7-5-11(16)6-8-12/h2-8,17H,9-10H2,1H3. The Bertz CT molecular complexity index is 837. The van der Waals surface area contributed by atoms with Crippen molar-refractivity contribution in [3.63, 3.8) is 0 Å². The van der Waals surface area contributed by atoms with Gasteiger partial charge in [0.05, 0.1) is 4.92 Å². The molecule has 7 nitrogen and oxygen atoms in total. The fourth-order valence-electron chi connectivity index (χ4n) is 2.04. The summed E-state index contributed by atoms with van der Waals surface area (Å²) < 4.78 is 28.8. The largest absolute Gasteiger partial charge is 0.492 e. The van der Waals surface area contributed by atoms with Crippen molar-refractivity contribution in [1.82, 2.24) is 0 Å². The minimum absolute atomic E-state index is 0.127. The van der Waals surface area contributed by atoms with Gasteiger partial charge in [0.2, 0.25) is 0 Å². The molecule has 0 aliphatic carbocycles. The summed E-state index contributed by atoms with van der Waals surface area (Å²) >= 11 is 5.77. The number of rotatable bonds is 7. The molecule has 0 radical (unpaired) electrons. The van der Waals surface area contributed by atoms with Crippen molar-refractivity contribution in [2.75, 3.05) is 24.7 Å². The summed E-state index contributed by atoms with van der Waals surface area (Å²) in [7, 11) is -3.70. The third kappa shape index (κ3) is 4.59. The van der Waals surface area contributed by atoms with Crippen LogP contribution in [0.1, 0.15) is 0 Å². The molecule has 9 heteroatoms. The predicted octanol–water partition coefficient (Wildman–Crippen LogP) is 3.14. The third-order valence-corrected chi connectivity index (χ3v) is 4.46. The molecule has 1 N–H and O–H groups in total. The predicted molar refractivity (Wildman–Crippen MR) is 91.6 cm³/mol. The van der Waals surface area contributed by atoms with Crippen molar-refractivity contribution in [3.05, 3.63) is 57.6 Å². The smallest absolute Gasteiger partial charge is 0.310 e. The molecular formula is C15H15ClN2O5S. The number of nitrogens with one attached hydrogen (secondary N) is 1. The molecular weight excluding hydrogens is 356 g/mol. The van der Waals surface area contributed by atoms with E-state index >= 15 is 0 Å². The number of anilines is 1. The second kappa shape index (κ2) is 7.50. The van der Waals surface area contributed by atoms with Crippen molar-refractivity contribution in [2.24, 2.45) is 0 Å². The third-order valence-electron chi connectivity index (χ3n) is 3.08. The maximum absolute atomic E-state index is 11.7. The van der Waals surface area contributed by atoms with Crippen molar-refractivity contribution in [2.45, 2.75) is 4.90 Å². The number of para-hydroxylation sites is 1. The lowest BCUT2D eigenvalue weighted by Crippen LogP contribution is -2.13. The lowest BCUT2D eigenvalue weighted by atomic mass is 10.2. The molecule has 2 aromatic rings. The van der Waals surface area contributed by atoms with E-state index in [9.17, 15) is 18.5 Å². The monoisotopic (exact) mass is 370 g/mol. The van der Waals surface area contributed by atoms with Gasteiger partial charge in [-0.1, -0.05) is 17.7 Å². The van der Waals surface area contributed by atoms with E-state index in [0.29, 0.717) is 10.8 Å². The molecule has 128 valence electrons. The SMILES string of the molecule is CS(=O)(=O)c1cccc(NCCOc2ccc(Cl)cc2)c1[N+](=O)[O-]. The maximum Gasteiger partial charge on any atom is 0.310 e. The zero-order chi connectivity index (χ0) is 17.7. The summed E-state index contributed by atoms with van der Waals surface area (Å²) in [5.41, 5.74) is -0.339. The van der Waals surface area contributed by atoms with Gasteiger partial charge in [-0.2, -0.15) is 0 Å². The number of nitrogens with zero attached hydrogens (tertiary/aromatic N) is 1. The first-order chi connectivity index (χ1) is 11.3. The molecule has 0 saturated carbocycles. The lowest BCUT2D eigenvalue weighted by molar-refractivity contribution is -0.386. The zero-order valence-corrected chi connectivity index (χ0v) is 14.3. The molecule has 0 saturated heterocycles. The van der Waals surface area contributed by atoms with E-state index < -0.39 is 20.4 Å². The average Bonchev–Trinajstić information content (AvgIpc) is 2.52. The van der Waals surface area contributed by atoms with E-state index in [1.807, 2.05) is 0 Å². The molecule has 0 aliphatic heterocycles. The summed E-state index contributed by atoms with van der Waals surface area (Å²) in [6.45, 7) is 0.499. The second-order valence-electron chi connectivity index (χ2n) is 4.91. The van der Waals surface area contributed by atoms with Crippen LogP contribution in [0.4, 0.5) is 11.4 Å². The Kier molecular flexibility index (Phi) is 5.63. The Morgan fingerprint density at radius 3 is 2.46 bits per heavy atom. The van der Waals surface area contributed by atoms with Crippen molar-refractivity contribution in [3.8, 4) is 5.75 Å². The summed E-state index contributed by atoms with van der Waals surface area (Å²) in [4.78, 5) is 10.2. The van der Waals surface area contributed by atoms with E-state index in [4.69, 9.17) is 16.3 Å². The number of hydrogen-bond acceptors (Lipinski definition) is 6. The molecule has 0 heterocycles. The van der Waals surface area contributed by atoms with Crippen LogP contribution in [0.15, 0.2) is 47.4 Å². The van der Waals surface area contributed by atoms with Crippen molar-refractivity contribution in [1.29, 1.82) is 0 Å². The Hall–Kier alpha value is -2.32. The van der Waals surface area contributed by atoms with Gasteiger partial charge in [0, 0.05) is 17.8 Å². The zero-order valence-electron chi connectivity index (χ0n) is 12.7. The first kappa shape index (κ1) is 18.0. The second-order valence-corrected chi connectivity index (χ2v) is 7.33. The summed E-state index contributed by atoms with van der Waals surface area (Å²) in [5, 5.41) is 14.7. The van der Waals surface area contributed by atoms with E-state index in [2.05, 4.69) is 5.32 Å². The van der Waals surface area contributed by atoms with Crippen LogP contribution < -0.4 is 10.1 Å². The molecule has 2 aromatic carbocycles. The molecule has 24 heavy (non-hydrogen) atoms. The highest BCUT2D eigenvalue weighted by Gasteiger charge is 2.25. The van der Waals surface area contributed by atoms with E-state index in [1.165, 1.54) is 18.2 Å². The quantitative estimate of drug-likeness (QED) is 0.456. The van der Waals surface area contributed by atoms with E-state index in [0.717, 1.165) is 6.26 Å². The number of halogens is 1. The number of nitro benzene ring substituents is 1. The van der Waals surface area contributed by atoms with Gasteiger partial charge in [-0.25, -0.2) is 8.42 Å². The number of hydrogen-bond donors (Lipinski definition) is 1. The van der Waals surface area contributed by atoms with Crippen LogP contribution in [0.5, 0.6) is 5.75 Å². The van der Waals surface area contributed by atoms with Crippen LogP contribution in [0.3, 0.4) is 0 Å². The maximum atomic E-state index is 11.7. The Balaban J connectivity index is 2.07. The summed E-state index contributed by atoms with van der Waals surface area (Å²) in [6, 6.07) is 10.9. The van der Waals surface area contributed by atoms with Crippen LogP contribution in [0.25, 0.3) is 0 Å². The normalized spacial score (nSPS) is 11.1. The molecule has 0 spiro atoms. The van der Waals surface area contributed by atoms with Crippen molar-refractivity contribution < 1.29 is 18.1 Å². The van der Waals surface area contributed by atoms with Crippen molar-refractivity contribution >= 4 is 32.8 Å². The Morgan fingerprint density at radius 1 is 1.21 bits per heavy atom. The summed E-state index contributed by atoms with van der Waals surface area (Å²) in [5.74, 6) is 0.612. The topological polar surface area (TPSA) is 98.5 Å². The van der Waals surface area contributed by atoms with Gasteiger partial charge >= 0.3 is 5.69 Å². The number of nitro groups is 1. The van der Waals surface area contributed by atoms with Crippen LogP contribution in [0.2, 0.25) is 5.02 Å². The van der Waals surface area contributed by atoms with Crippen LogP contribution in [-0.4, -0.2) is 32.7 Å². The highest BCUT2D eigenvalue weighted by atomic mass is 35.5. The Labute approximate surface area is 144 Å². The fourth-order valence-corrected chi connectivity index (χ4v) is 3.03. The average molecular weight is 371 g/mol. The van der Waals surface area contributed by atoms with Crippen LogP contribution in [-0.2, 0) is 9.84 Å². The minimum Gasteiger partial charge on any atom is -0.492 e. The van der Waals surface area contributed by atoms with Gasteiger partial charge in [-0.15, -0.1) is 0 Å².